The van der Waals surface area contributed by atoms with Gasteiger partial charge >= 0.3 is 0 Å². The molecule has 0 unspecified atom stereocenters. The van der Waals surface area contributed by atoms with Crippen LogP contribution in [0.1, 0.15) is 29.8 Å². The Labute approximate surface area is 191 Å². The number of nitrogens with zero attached hydrogens (tertiary/aromatic N) is 2. The van der Waals surface area contributed by atoms with Crippen LogP contribution in [-0.2, 0) is 17.8 Å². The van der Waals surface area contributed by atoms with Gasteiger partial charge in [0.05, 0.1) is 13.2 Å². The number of ether oxygens (including phenoxy) is 1. The minimum absolute atomic E-state index is 0.169. The minimum Gasteiger partial charge on any atom is -0.497 e. The summed E-state index contributed by atoms with van der Waals surface area (Å²) in [6.45, 7) is 3.21. The first-order chi connectivity index (χ1) is 15.3. The van der Waals surface area contributed by atoms with E-state index in [0.29, 0.717) is 27.7 Å². The monoisotopic (exact) mass is 455 g/mol. The van der Waals surface area contributed by atoms with E-state index in [2.05, 4.69) is 10.3 Å². The molecule has 2 aromatic carbocycles. The van der Waals surface area contributed by atoms with E-state index in [0.717, 1.165) is 11.3 Å². The summed E-state index contributed by atoms with van der Waals surface area (Å²) < 4.78 is 6.51. The molecule has 0 radical (unpaired) electrons. The average molecular weight is 456 g/mol. The van der Waals surface area contributed by atoms with Crippen molar-refractivity contribution in [2.45, 2.75) is 32.9 Å². The Balaban J connectivity index is 1.92. The van der Waals surface area contributed by atoms with E-state index in [-0.39, 0.29) is 37.1 Å². The van der Waals surface area contributed by atoms with Crippen LogP contribution in [0.4, 0.5) is 0 Å². The summed E-state index contributed by atoms with van der Waals surface area (Å²) in [5.74, 6) is 0.776. The lowest BCUT2D eigenvalue weighted by Gasteiger charge is -2.18. The molecule has 32 heavy (non-hydrogen) atoms. The van der Waals surface area contributed by atoms with E-state index < -0.39 is 0 Å². The molecule has 0 spiro atoms. The Morgan fingerprint density at radius 1 is 1.19 bits per heavy atom. The highest BCUT2D eigenvalue weighted by molar-refractivity contribution is 6.30. The number of aryl methyl sites for hydroxylation is 1. The normalized spacial score (nSPS) is 11.8. The third kappa shape index (κ3) is 5.36. The Kier molecular flexibility index (Phi) is 7.66. The Morgan fingerprint density at radius 3 is 2.44 bits per heavy atom. The van der Waals surface area contributed by atoms with E-state index in [4.69, 9.17) is 16.3 Å². The summed E-state index contributed by atoms with van der Waals surface area (Å²) >= 11 is 6.00. The van der Waals surface area contributed by atoms with Gasteiger partial charge in [0.2, 0.25) is 5.91 Å². The molecule has 0 bridgehead atoms. The highest BCUT2D eigenvalue weighted by Gasteiger charge is 2.19. The second-order valence-electron chi connectivity index (χ2n) is 7.43. The highest BCUT2D eigenvalue weighted by Crippen LogP contribution is 2.21. The smallest absolute Gasteiger partial charge is 0.257 e. The molecule has 0 aliphatic carbocycles. The number of halogens is 1. The number of benzene rings is 2. The molecular weight excluding hydrogens is 430 g/mol. The van der Waals surface area contributed by atoms with Crippen molar-refractivity contribution in [3.63, 3.8) is 0 Å². The number of aromatic nitrogens is 2. The third-order valence-corrected chi connectivity index (χ3v) is 5.48. The predicted molar refractivity (Wildman–Crippen MR) is 124 cm³/mol. The molecule has 1 amide bonds. The number of aliphatic hydroxyl groups excluding tert-OH is 1. The molecule has 3 rings (SSSR count). The predicted octanol–water partition coefficient (Wildman–Crippen LogP) is 3.29. The molecule has 168 valence electrons. The Hall–Kier alpha value is -3.16. The van der Waals surface area contributed by atoms with Gasteiger partial charge in [-0.2, -0.15) is 0 Å². The zero-order valence-electron chi connectivity index (χ0n) is 18.3. The summed E-state index contributed by atoms with van der Waals surface area (Å²) in [4.78, 5) is 30.6. The molecule has 0 fully saturated rings. The van der Waals surface area contributed by atoms with E-state index in [1.165, 1.54) is 4.57 Å². The zero-order valence-corrected chi connectivity index (χ0v) is 19.0. The van der Waals surface area contributed by atoms with E-state index in [1.807, 2.05) is 31.2 Å². The number of nitrogens with one attached hydrogen (secondary N) is 1. The van der Waals surface area contributed by atoms with Crippen molar-refractivity contribution >= 4 is 17.5 Å². The second kappa shape index (κ2) is 10.4. The maximum atomic E-state index is 13.2. The van der Waals surface area contributed by atoms with Gasteiger partial charge in [0.15, 0.2) is 0 Å². The van der Waals surface area contributed by atoms with Crippen molar-refractivity contribution in [3.8, 4) is 17.1 Å². The lowest BCUT2D eigenvalue weighted by atomic mass is 10.1. The molecule has 0 aliphatic heterocycles. The van der Waals surface area contributed by atoms with Crippen LogP contribution in [0.2, 0.25) is 5.02 Å². The topological polar surface area (TPSA) is 93.4 Å². The molecular formula is C24H26ClN3O4. The van der Waals surface area contributed by atoms with E-state index in [1.54, 1.807) is 38.3 Å². The van der Waals surface area contributed by atoms with Crippen molar-refractivity contribution < 1.29 is 14.6 Å². The SMILES string of the molecule is COc1ccc([C@@H](C)NC(=O)Cn2c(-c3ccc(Cl)cc3)nc(C)c(CCO)c2=O)cc1. The van der Waals surface area contributed by atoms with Gasteiger partial charge < -0.3 is 15.2 Å². The zero-order chi connectivity index (χ0) is 23.3. The molecule has 2 N–H and O–H groups in total. The van der Waals surface area contributed by atoms with Crippen LogP contribution in [0.15, 0.2) is 53.3 Å². The molecule has 1 aromatic heterocycles. The van der Waals surface area contributed by atoms with Gasteiger partial charge in [-0.25, -0.2) is 4.98 Å². The third-order valence-electron chi connectivity index (χ3n) is 5.23. The maximum absolute atomic E-state index is 13.2. The van der Waals surface area contributed by atoms with E-state index >= 15 is 0 Å². The molecule has 8 heteroatoms. The number of methoxy groups -OCH3 is 1. The lowest BCUT2D eigenvalue weighted by molar-refractivity contribution is -0.122. The number of hydrogen-bond acceptors (Lipinski definition) is 5. The number of carbonyl (C=O) groups is 1. The van der Waals surface area contributed by atoms with Crippen LogP contribution in [-0.4, -0.2) is 34.3 Å². The van der Waals surface area contributed by atoms with Gasteiger partial charge in [0.25, 0.3) is 5.56 Å². The van der Waals surface area contributed by atoms with Gasteiger partial charge in [-0.15, -0.1) is 0 Å². The number of amides is 1. The molecule has 1 atom stereocenters. The largest absolute Gasteiger partial charge is 0.497 e. The van der Waals surface area contributed by atoms with E-state index in [9.17, 15) is 14.7 Å². The summed E-state index contributed by atoms with van der Waals surface area (Å²) in [5, 5.41) is 12.8. The number of aliphatic hydroxyl groups is 1. The van der Waals surface area contributed by atoms with Crippen molar-refractivity contribution in [2.24, 2.45) is 0 Å². The molecule has 0 saturated heterocycles. The van der Waals surface area contributed by atoms with Crippen molar-refractivity contribution in [1.29, 1.82) is 0 Å². The maximum Gasteiger partial charge on any atom is 0.257 e. The summed E-state index contributed by atoms with van der Waals surface area (Å²) in [6, 6.07) is 14.1. The number of hydrogen-bond donors (Lipinski definition) is 2. The van der Waals surface area contributed by atoms with Crippen LogP contribution < -0.4 is 15.6 Å². The molecule has 0 saturated carbocycles. The molecule has 1 heterocycles. The van der Waals surface area contributed by atoms with Crippen LogP contribution >= 0.6 is 11.6 Å². The van der Waals surface area contributed by atoms with Crippen LogP contribution in [0.25, 0.3) is 11.4 Å². The number of carbonyl (C=O) groups excluding carboxylic acids is 1. The second-order valence-corrected chi connectivity index (χ2v) is 7.87. The molecule has 7 nitrogen and oxygen atoms in total. The fraction of sp³-hybridized carbons (Fsp3) is 0.292. The minimum atomic E-state index is -0.344. The Bertz CT molecular complexity index is 1140. The Morgan fingerprint density at radius 2 is 1.84 bits per heavy atom. The quantitative estimate of drug-likeness (QED) is 0.543. The fourth-order valence-corrected chi connectivity index (χ4v) is 3.60. The van der Waals surface area contributed by atoms with Crippen molar-refractivity contribution in [3.05, 3.63) is 80.7 Å². The van der Waals surface area contributed by atoms with Crippen molar-refractivity contribution in [2.75, 3.05) is 13.7 Å². The summed E-state index contributed by atoms with van der Waals surface area (Å²) in [7, 11) is 1.59. The summed E-state index contributed by atoms with van der Waals surface area (Å²) in [6.07, 6.45) is 0.169. The highest BCUT2D eigenvalue weighted by atomic mass is 35.5. The van der Waals surface area contributed by atoms with Gasteiger partial charge in [0.1, 0.15) is 18.1 Å². The first kappa shape index (κ1) is 23.5. The van der Waals surface area contributed by atoms with Gasteiger partial charge in [-0.3, -0.25) is 14.2 Å². The molecule has 0 aliphatic rings. The van der Waals surface area contributed by atoms with Crippen molar-refractivity contribution in [1.82, 2.24) is 14.9 Å². The summed E-state index contributed by atoms with van der Waals surface area (Å²) in [5.41, 5.74) is 2.15. The first-order valence-corrected chi connectivity index (χ1v) is 10.6. The fourth-order valence-electron chi connectivity index (χ4n) is 3.47. The van der Waals surface area contributed by atoms with Crippen LogP contribution in [0.5, 0.6) is 5.75 Å². The standard InChI is InChI=1S/C24H26ClN3O4/c1-15(17-6-10-20(32-3)11-7-17)26-22(30)14-28-23(18-4-8-19(25)9-5-18)27-16(2)21(12-13-29)24(28)31/h4-11,15,29H,12-14H2,1-3H3,(H,26,30)/t15-/m1/s1. The van der Waals surface area contributed by atoms with Crippen LogP contribution in [0.3, 0.4) is 0 Å². The van der Waals surface area contributed by atoms with Gasteiger partial charge in [-0.05, 0) is 55.8 Å². The lowest BCUT2D eigenvalue weighted by Crippen LogP contribution is -2.36. The average Bonchev–Trinajstić information content (AvgIpc) is 2.79. The molecule has 3 aromatic rings. The number of rotatable bonds is 8. The van der Waals surface area contributed by atoms with Gasteiger partial charge in [-0.1, -0.05) is 23.7 Å². The first-order valence-electron chi connectivity index (χ1n) is 10.2. The van der Waals surface area contributed by atoms with Gasteiger partial charge in [0, 0.05) is 34.9 Å². The van der Waals surface area contributed by atoms with Crippen LogP contribution in [0, 0.1) is 6.92 Å².